The van der Waals surface area contributed by atoms with Crippen LogP contribution >= 0.6 is 0 Å². The van der Waals surface area contributed by atoms with Gasteiger partial charge >= 0.3 is 0 Å². The number of hydrogen-bond donors (Lipinski definition) is 2. The molecule has 1 aliphatic heterocycles. The van der Waals surface area contributed by atoms with Gasteiger partial charge in [0.15, 0.2) is 0 Å². The molecular formula is C17H24N2O. The van der Waals surface area contributed by atoms with Gasteiger partial charge in [0.25, 0.3) is 0 Å². The minimum Gasteiger partial charge on any atom is -0.353 e. The highest BCUT2D eigenvalue weighted by molar-refractivity contribution is 5.84. The summed E-state index contributed by atoms with van der Waals surface area (Å²) in [5.41, 5.74) is 2.62. The topological polar surface area (TPSA) is 41.1 Å². The molecule has 3 rings (SSSR count). The molecule has 1 amide bonds. The van der Waals surface area contributed by atoms with Gasteiger partial charge in [0.1, 0.15) is 0 Å². The molecular weight excluding hydrogens is 248 g/mol. The van der Waals surface area contributed by atoms with Crippen LogP contribution in [0.1, 0.15) is 49.1 Å². The molecule has 1 aliphatic carbocycles. The highest BCUT2D eigenvalue weighted by Gasteiger charge is 2.27. The van der Waals surface area contributed by atoms with Crippen LogP contribution in [0.4, 0.5) is 0 Å². The van der Waals surface area contributed by atoms with Gasteiger partial charge in [0.05, 0.1) is 5.92 Å². The molecule has 1 heterocycles. The molecule has 0 saturated carbocycles. The largest absolute Gasteiger partial charge is 0.353 e. The Morgan fingerprint density at radius 3 is 2.95 bits per heavy atom. The fourth-order valence-corrected chi connectivity index (χ4v) is 3.49. The molecule has 1 aromatic carbocycles. The number of benzene rings is 1. The number of nitrogens with one attached hydrogen (secondary N) is 2. The van der Waals surface area contributed by atoms with E-state index in [4.69, 9.17) is 0 Å². The zero-order valence-electron chi connectivity index (χ0n) is 12.0. The molecule has 1 aromatic rings. The molecule has 0 bridgehead atoms. The number of hydrogen-bond acceptors (Lipinski definition) is 2. The van der Waals surface area contributed by atoms with Gasteiger partial charge in [0.2, 0.25) is 5.91 Å². The van der Waals surface area contributed by atoms with Gasteiger partial charge in [-0.1, -0.05) is 24.3 Å². The van der Waals surface area contributed by atoms with E-state index in [1.807, 2.05) is 0 Å². The number of aryl methyl sites for hydroxylation is 1. The lowest BCUT2D eigenvalue weighted by Gasteiger charge is -2.26. The molecule has 0 spiro atoms. The molecule has 2 N–H and O–H groups in total. The lowest BCUT2D eigenvalue weighted by molar-refractivity contribution is -0.123. The predicted molar refractivity (Wildman–Crippen MR) is 80.8 cm³/mol. The highest BCUT2D eigenvalue weighted by atomic mass is 16.1. The van der Waals surface area contributed by atoms with Crippen LogP contribution in [0.15, 0.2) is 24.3 Å². The van der Waals surface area contributed by atoms with E-state index in [-0.39, 0.29) is 11.8 Å². The predicted octanol–water partition coefficient (Wildman–Crippen LogP) is 2.36. The summed E-state index contributed by atoms with van der Waals surface area (Å²) in [6, 6.07) is 8.79. The summed E-state index contributed by atoms with van der Waals surface area (Å²) in [6.07, 6.45) is 6.56. The molecule has 108 valence electrons. The molecule has 1 saturated heterocycles. The van der Waals surface area contributed by atoms with Gasteiger partial charge in [-0.05, 0) is 62.7 Å². The zero-order valence-corrected chi connectivity index (χ0v) is 12.0. The Morgan fingerprint density at radius 2 is 2.00 bits per heavy atom. The summed E-state index contributed by atoms with van der Waals surface area (Å²) in [5.74, 6) is 0.306. The normalized spacial score (nSPS) is 26.4. The first-order valence-electron chi connectivity index (χ1n) is 7.93. The van der Waals surface area contributed by atoms with Crippen molar-refractivity contribution in [2.24, 2.45) is 0 Å². The Balaban J connectivity index is 1.68. The minimum atomic E-state index is 0.0659. The van der Waals surface area contributed by atoms with E-state index in [0.717, 1.165) is 51.6 Å². The van der Waals surface area contributed by atoms with Gasteiger partial charge in [-0.25, -0.2) is 0 Å². The summed E-state index contributed by atoms with van der Waals surface area (Å²) in [6.45, 7) is 2.10. The molecule has 0 aromatic heterocycles. The van der Waals surface area contributed by atoms with Crippen LogP contribution in [0.2, 0.25) is 0 Å². The van der Waals surface area contributed by atoms with Crippen molar-refractivity contribution in [1.29, 1.82) is 0 Å². The Hall–Kier alpha value is -1.35. The van der Waals surface area contributed by atoms with E-state index in [9.17, 15) is 4.79 Å². The lowest BCUT2D eigenvalue weighted by atomic mass is 9.82. The van der Waals surface area contributed by atoms with E-state index in [0.29, 0.717) is 6.04 Å². The fraction of sp³-hybridized carbons (Fsp3) is 0.588. The van der Waals surface area contributed by atoms with E-state index in [1.54, 1.807) is 0 Å². The molecule has 1 fully saturated rings. The van der Waals surface area contributed by atoms with Crippen LogP contribution in [0.3, 0.4) is 0 Å². The summed E-state index contributed by atoms with van der Waals surface area (Å²) in [5, 5.41) is 6.68. The van der Waals surface area contributed by atoms with Crippen molar-refractivity contribution in [3.8, 4) is 0 Å². The first-order chi connectivity index (χ1) is 9.84. The van der Waals surface area contributed by atoms with Crippen LogP contribution in [0, 0.1) is 0 Å². The number of rotatable bonds is 2. The van der Waals surface area contributed by atoms with E-state index in [2.05, 4.69) is 34.9 Å². The van der Waals surface area contributed by atoms with E-state index >= 15 is 0 Å². The average Bonchev–Trinajstić information content (AvgIpc) is 2.75. The monoisotopic (exact) mass is 272 g/mol. The molecule has 2 atom stereocenters. The summed E-state index contributed by atoms with van der Waals surface area (Å²) < 4.78 is 0. The second-order valence-corrected chi connectivity index (χ2v) is 6.03. The molecule has 2 aliphatic rings. The molecule has 0 radical (unpaired) electrons. The average molecular weight is 272 g/mol. The standard InChI is InChI=1S/C17H24N2O/c20-17(19-14-7-4-11-18-12-10-14)16-9-3-6-13-5-1-2-8-15(13)16/h1-2,5,8,14,16,18H,3-4,6-7,9-12H2,(H,19,20). The lowest BCUT2D eigenvalue weighted by Crippen LogP contribution is -2.39. The third kappa shape index (κ3) is 3.04. The van der Waals surface area contributed by atoms with Crippen LogP contribution in [-0.4, -0.2) is 25.0 Å². The van der Waals surface area contributed by atoms with Crippen molar-refractivity contribution in [3.63, 3.8) is 0 Å². The van der Waals surface area contributed by atoms with E-state index in [1.165, 1.54) is 11.1 Å². The maximum atomic E-state index is 12.6. The molecule has 3 heteroatoms. The SMILES string of the molecule is O=C(NC1CCCNCC1)C1CCCc2ccccc21. The smallest absolute Gasteiger partial charge is 0.227 e. The number of carbonyl (C=O) groups excluding carboxylic acids is 1. The molecule has 20 heavy (non-hydrogen) atoms. The van der Waals surface area contributed by atoms with Gasteiger partial charge in [-0.15, -0.1) is 0 Å². The van der Waals surface area contributed by atoms with Crippen LogP contribution < -0.4 is 10.6 Å². The summed E-state index contributed by atoms with van der Waals surface area (Å²) in [4.78, 5) is 12.6. The number of carbonyl (C=O) groups is 1. The Morgan fingerprint density at radius 1 is 1.10 bits per heavy atom. The number of fused-ring (bicyclic) bond motifs is 1. The summed E-state index contributed by atoms with van der Waals surface area (Å²) in [7, 11) is 0. The Bertz CT molecular complexity index is 464. The van der Waals surface area contributed by atoms with Crippen LogP contribution in [0.5, 0.6) is 0 Å². The van der Waals surface area contributed by atoms with Crippen molar-refractivity contribution in [3.05, 3.63) is 35.4 Å². The second-order valence-electron chi connectivity index (χ2n) is 6.03. The van der Waals surface area contributed by atoms with Crippen molar-refractivity contribution in [2.75, 3.05) is 13.1 Å². The first kappa shape index (κ1) is 13.6. The Labute approximate surface area is 121 Å². The van der Waals surface area contributed by atoms with Gasteiger partial charge in [-0.2, -0.15) is 0 Å². The van der Waals surface area contributed by atoms with Gasteiger partial charge in [-0.3, -0.25) is 4.79 Å². The van der Waals surface area contributed by atoms with Crippen LogP contribution in [0.25, 0.3) is 0 Å². The minimum absolute atomic E-state index is 0.0659. The van der Waals surface area contributed by atoms with Crippen molar-refractivity contribution < 1.29 is 4.79 Å². The third-order valence-electron chi connectivity index (χ3n) is 4.61. The van der Waals surface area contributed by atoms with Crippen molar-refractivity contribution in [2.45, 2.75) is 50.5 Å². The number of amides is 1. The Kier molecular flexibility index (Phi) is 4.36. The second kappa shape index (κ2) is 6.40. The van der Waals surface area contributed by atoms with Crippen LogP contribution in [-0.2, 0) is 11.2 Å². The van der Waals surface area contributed by atoms with Gasteiger partial charge < -0.3 is 10.6 Å². The van der Waals surface area contributed by atoms with Crippen molar-refractivity contribution >= 4 is 5.91 Å². The quantitative estimate of drug-likeness (QED) is 0.868. The molecule has 3 nitrogen and oxygen atoms in total. The maximum absolute atomic E-state index is 12.6. The molecule has 2 unspecified atom stereocenters. The van der Waals surface area contributed by atoms with E-state index < -0.39 is 0 Å². The highest BCUT2D eigenvalue weighted by Crippen LogP contribution is 2.31. The zero-order chi connectivity index (χ0) is 13.8. The van der Waals surface area contributed by atoms with Crippen molar-refractivity contribution in [1.82, 2.24) is 10.6 Å². The van der Waals surface area contributed by atoms with Gasteiger partial charge in [0, 0.05) is 6.04 Å². The summed E-state index contributed by atoms with van der Waals surface area (Å²) >= 11 is 0. The third-order valence-corrected chi connectivity index (χ3v) is 4.61. The fourth-order valence-electron chi connectivity index (χ4n) is 3.49. The maximum Gasteiger partial charge on any atom is 0.227 e. The first-order valence-corrected chi connectivity index (χ1v) is 7.93.